The molecule has 1 aliphatic rings. The molecule has 9 heteroatoms. The Morgan fingerprint density at radius 3 is 2.87 bits per heavy atom. The molecule has 0 amide bonds. The molecule has 0 atom stereocenters. The van der Waals surface area contributed by atoms with E-state index in [0.29, 0.717) is 35.0 Å². The van der Waals surface area contributed by atoms with Gasteiger partial charge in [-0.25, -0.2) is 14.5 Å². The number of nitrogens with zero attached hydrogens (tertiary/aromatic N) is 5. The van der Waals surface area contributed by atoms with Gasteiger partial charge in [0.1, 0.15) is 5.69 Å². The number of pyridine rings is 1. The van der Waals surface area contributed by atoms with Crippen LogP contribution in [0.2, 0.25) is 0 Å². The SMILES string of the molecule is CC1=CC(=Nc2c(NCCCn3ccnc3)nn3ccccc23)C(NCCO)=CC1=O. The molecule has 3 aromatic rings. The maximum Gasteiger partial charge on any atom is 0.183 e. The standard InChI is InChI=1S/C22H25N7O2/c1-16-13-18(17(14-20(16)31)24-8-12-30)26-21-19-5-2-3-10-29(19)27-22(21)25-6-4-9-28-11-7-23-15-28/h2-3,5,7,10-11,13-15,24,30H,4,6,8-9,12H2,1H3,(H,25,27). The first kappa shape index (κ1) is 20.5. The number of carbonyl (C=O) groups is 1. The number of allylic oxidation sites excluding steroid dienone is 3. The fourth-order valence-electron chi connectivity index (χ4n) is 3.32. The van der Waals surface area contributed by atoms with E-state index in [1.165, 1.54) is 6.08 Å². The van der Waals surface area contributed by atoms with Gasteiger partial charge in [0.25, 0.3) is 0 Å². The third-order valence-corrected chi connectivity index (χ3v) is 4.91. The Balaban J connectivity index is 1.62. The lowest BCUT2D eigenvalue weighted by atomic mass is 10.0. The summed E-state index contributed by atoms with van der Waals surface area (Å²) in [5.74, 6) is 0.603. The van der Waals surface area contributed by atoms with E-state index >= 15 is 0 Å². The number of aliphatic imine (C=N–C) groups is 1. The summed E-state index contributed by atoms with van der Waals surface area (Å²) in [5, 5.41) is 20.3. The molecule has 3 heterocycles. The van der Waals surface area contributed by atoms with Crippen LogP contribution in [0.15, 0.2) is 71.5 Å². The number of carbonyl (C=O) groups excluding carboxylic acids is 1. The molecule has 0 aliphatic heterocycles. The van der Waals surface area contributed by atoms with Crippen molar-refractivity contribution in [3.05, 3.63) is 66.5 Å². The fraction of sp³-hybridized carbons (Fsp3) is 0.273. The third kappa shape index (κ3) is 4.72. The Kier molecular flexibility index (Phi) is 6.23. The van der Waals surface area contributed by atoms with Gasteiger partial charge in [-0.15, -0.1) is 5.10 Å². The molecule has 9 nitrogen and oxygen atoms in total. The Morgan fingerprint density at radius 1 is 1.16 bits per heavy atom. The summed E-state index contributed by atoms with van der Waals surface area (Å²) in [6.07, 6.45) is 11.6. The average Bonchev–Trinajstić information content (AvgIpc) is 3.41. The molecule has 0 aromatic carbocycles. The Bertz CT molecular complexity index is 1160. The molecule has 4 rings (SSSR count). The number of aliphatic hydroxyl groups is 1. The highest BCUT2D eigenvalue weighted by Crippen LogP contribution is 2.31. The van der Waals surface area contributed by atoms with Crippen molar-refractivity contribution in [2.75, 3.05) is 25.0 Å². The molecule has 3 aromatic heterocycles. The lowest BCUT2D eigenvalue weighted by molar-refractivity contribution is -0.111. The highest BCUT2D eigenvalue weighted by molar-refractivity contribution is 6.22. The van der Waals surface area contributed by atoms with E-state index in [0.717, 1.165) is 25.0 Å². The predicted molar refractivity (Wildman–Crippen MR) is 120 cm³/mol. The molecule has 0 radical (unpaired) electrons. The van der Waals surface area contributed by atoms with Gasteiger partial charge in [0.2, 0.25) is 0 Å². The summed E-state index contributed by atoms with van der Waals surface area (Å²) in [4.78, 5) is 21.1. The van der Waals surface area contributed by atoms with Gasteiger partial charge in [-0.05, 0) is 37.1 Å². The van der Waals surface area contributed by atoms with E-state index in [4.69, 9.17) is 4.99 Å². The van der Waals surface area contributed by atoms with E-state index in [2.05, 4.69) is 20.7 Å². The molecule has 0 spiro atoms. The van der Waals surface area contributed by atoms with Gasteiger partial charge < -0.3 is 20.3 Å². The molecule has 1 aliphatic carbocycles. The minimum absolute atomic E-state index is 0.0397. The smallest absolute Gasteiger partial charge is 0.183 e. The Labute approximate surface area is 179 Å². The van der Waals surface area contributed by atoms with Crippen LogP contribution < -0.4 is 10.6 Å². The summed E-state index contributed by atoms with van der Waals surface area (Å²) in [7, 11) is 0. The van der Waals surface area contributed by atoms with E-state index in [-0.39, 0.29) is 12.4 Å². The first-order valence-corrected chi connectivity index (χ1v) is 10.2. The number of aromatic nitrogens is 4. The van der Waals surface area contributed by atoms with E-state index < -0.39 is 0 Å². The second-order valence-corrected chi connectivity index (χ2v) is 7.21. The lowest BCUT2D eigenvalue weighted by Gasteiger charge is -2.15. The predicted octanol–water partition coefficient (Wildman–Crippen LogP) is 2.10. The zero-order chi connectivity index (χ0) is 21.6. The summed E-state index contributed by atoms with van der Waals surface area (Å²) in [5.41, 5.74) is 3.39. The monoisotopic (exact) mass is 419 g/mol. The molecule has 3 N–H and O–H groups in total. The summed E-state index contributed by atoms with van der Waals surface area (Å²) in [6, 6.07) is 5.81. The number of aliphatic hydroxyl groups excluding tert-OH is 1. The van der Waals surface area contributed by atoms with Crippen LogP contribution in [0.25, 0.3) is 5.52 Å². The summed E-state index contributed by atoms with van der Waals surface area (Å²) in [6.45, 7) is 3.63. The summed E-state index contributed by atoms with van der Waals surface area (Å²) < 4.78 is 3.82. The number of imidazole rings is 1. The van der Waals surface area contributed by atoms with Gasteiger partial charge in [0.05, 0.1) is 29.9 Å². The van der Waals surface area contributed by atoms with Gasteiger partial charge in [-0.1, -0.05) is 6.07 Å². The largest absolute Gasteiger partial charge is 0.395 e. The van der Waals surface area contributed by atoms with Crippen LogP contribution in [0, 0.1) is 0 Å². The van der Waals surface area contributed by atoms with Crippen LogP contribution >= 0.6 is 0 Å². The molecule has 0 fully saturated rings. The lowest BCUT2D eigenvalue weighted by Crippen LogP contribution is -2.26. The molecule has 0 saturated carbocycles. The molecule has 0 unspecified atom stereocenters. The number of hydrogen-bond acceptors (Lipinski definition) is 7. The number of ketones is 1. The van der Waals surface area contributed by atoms with Crippen molar-refractivity contribution >= 4 is 28.5 Å². The van der Waals surface area contributed by atoms with E-state index in [1.807, 2.05) is 35.2 Å². The first-order valence-electron chi connectivity index (χ1n) is 10.2. The molecular weight excluding hydrogens is 394 g/mol. The van der Waals surface area contributed by atoms with Crippen LogP contribution in [0.3, 0.4) is 0 Å². The van der Waals surface area contributed by atoms with Crippen molar-refractivity contribution in [2.45, 2.75) is 19.9 Å². The van der Waals surface area contributed by atoms with Crippen molar-refractivity contribution in [3.63, 3.8) is 0 Å². The topological polar surface area (TPSA) is 109 Å². The molecule has 160 valence electrons. The zero-order valence-electron chi connectivity index (χ0n) is 17.3. The maximum atomic E-state index is 12.1. The second kappa shape index (κ2) is 9.40. The number of nitrogens with one attached hydrogen (secondary N) is 2. The molecular formula is C22H25N7O2. The van der Waals surface area contributed by atoms with Crippen molar-refractivity contribution in [1.82, 2.24) is 24.5 Å². The number of fused-ring (bicyclic) bond motifs is 1. The average molecular weight is 419 g/mol. The fourth-order valence-corrected chi connectivity index (χ4v) is 3.32. The van der Waals surface area contributed by atoms with Crippen molar-refractivity contribution in [3.8, 4) is 0 Å². The van der Waals surface area contributed by atoms with Gasteiger partial charge in [-0.3, -0.25) is 4.79 Å². The Hall–Kier alpha value is -3.72. The molecule has 0 bridgehead atoms. The quantitative estimate of drug-likeness (QED) is 0.362. The molecule has 0 saturated heterocycles. The number of anilines is 1. The highest BCUT2D eigenvalue weighted by Gasteiger charge is 2.18. The minimum Gasteiger partial charge on any atom is -0.395 e. The van der Waals surface area contributed by atoms with Crippen LogP contribution in [0.4, 0.5) is 11.5 Å². The second-order valence-electron chi connectivity index (χ2n) is 7.21. The van der Waals surface area contributed by atoms with Crippen LogP contribution in [-0.4, -0.2) is 55.5 Å². The zero-order valence-corrected chi connectivity index (χ0v) is 17.3. The van der Waals surface area contributed by atoms with Crippen LogP contribution in [0.1, 0.15) is 13.3 Å². The first-order chi connectivity index (χ1) is 15.2. The van der Waals surface area contributed by atoms with Crippen LogP contribution in [0.5, 0.6) is 0 Å². The van der Waals surface area contributed by atoms with Crippen molar-refractivity contribution in [2.24, 2.45) is 4.99 Å². The number of aryl methyl sites for hydroxylation is 1. The molecule has 31 heavy (non-hydrogen) atoms. The van der Waals surface area contributed by atoms with Gasteiger partial charge in [-0.2, -0.15) is 0 Å². The minimum atomic E-state index is -0.0721. The van der Waals surface area contributed by atoms with E-state index in [9.17, 15) is 9.90 Å². The van der Waals surface area contributed by atoms with Gasteiger partial charge >= 0.3 is 0 Å². The van der Waals surface area contributed by atoms with E-state index in [1.54, 1.807) is 30.0 Å². The van der Waals surface area contributed by atoms with Crippen molar-refractivity contribution < 1.29 is 9.90 Å². The number of rotatable bonds is 9. The highest BCUT2D eigenvalue weighted by atomic mass is 16.3. The number of hydrogen-bond donors (Lipinski definition) is 3. The normalized spacial score (nSPS) is 15.3. The Morgan fingerprint density at radius 2 is 2.06 bits per heavy atom. The van der Waals surface area contributed by atoms with Gasteiger partial charge in [0, 0.05) is 44.3 Å². The third-order valence-electron chi connectivity index (χ3n) is 4.91. The van der Waals surface area contributed by atoms with Crippen LogP contribution in [-0.2, 0) is 11.3 Å². The summed E-state index contributed by atoms with van der Waals surface area (Å²) >= 11 is 0. The maximum absolute atomic E-state index is 12.1. The van der Waals surface area contributed by atoms with Gasteiger partial charge in [0.15, 0.2) is 11.6 Å². The van der Waals surface area contributed by atoms with Crippen molar-refractivity contribution in [1.29, 1.82) is 0 Å².